The highest BCUT2D eigenvalue weighted by Crippen LogP contribution is 2.06. The zero-order valence-corrected chi connectivity index (χ0v) is 11.5. The maximum Gasteiger partial charge on any atom is 0.270 e. The van der Waals surface area contributed by atoms with E-state index in [-0.39, 0.29) is 11.9 Å². The van der Waals surface area contributed by atoms with Crippen molar-refractivity contribution in [1.82, 2.24) is 15.2 Å². The van der Waals surface area contributed by atoms with Crippen molar-refractivity contribution in [3.63, 3.8) is 0 Å². The standard InChI is InChI=1S/C13H22N4O/c1-9(2)12(8-17(3)4)16-13(18)11-7-10(14)5-6-15-11/h5-7,9,12H,8H2,1-4H3,(H2,14,15)(H,16,18). The van der Waals surface area contributed by atoms with E-state index in [1.165, 1.54) is 0 Å². The van der Waals surface area contributed by atoms with Crippen molar-refractivity contribution in [1.29, 1.82) is 0 Å². The summed E-state index contributed by atoms with van der Waals surface area (Å²) in [4.78, 5) is 18.1. The van der Waals surface area contributed by atoms with E-state index in [0.29, 0.717) is 17.3 Å². The molecule has 0 aromatic carbocycles. The number of nitrogens with two attached hydrogens (primary N) is 1. The fourth-order valence-corrected chi connectivity index (χ4v) is 1.63. The summed E-state index contributed by atoms with van der Waals surface area (Å²) in [6.07, 6.45) is 1.54. The number of hydrogen-bond acceptors (Lipinski definition) is 4. The minimum Gasteiger partial charge on any atom is -0.399 e. The first-order valence-electron chi connectivity index (χ1n) is 6.07. The lowest BCUT2D eigenvalue weighted by Crippen LogP contribution is -2.45. The summed E-state index contributed by atoms with van der Waals surface area (Å²) in [6.45, 7) is 4.97. The third-order valence-corrected chi connectivity index (χ3v) is 2.70. The Labute approximate surface area is 108 Å². The highest BCUT2D eigenvalue weighted by atomic mass is 16.1. The van der Waals surface area contributed by atoms with Crippen LogP contribution in [-0.4, -0.2) is 42.5 Å². The average Bonchev–Trinajstić information content (AvgIpc) is 2.27. The van der Waals surface area contributed by atoms with Crippen molar-refractivity contribution in [3.8, 4) is 0 Å². The number of likely N-dealkylation sites (N-methyl/N-ethyl adjacent to an activating group) is 1. The van der Waals surface area contributed by atoms with Crippen LogP contribution in [0.25, 0.3) is 0 Å². The molecule has 1 atom stereocenters. The van der Waals surface area contributed by atoms with Crippen LogP contribution in [-0.2, 0) is 0 Å². The molecule has 0 aliphatic heterocycles. The first kappa shape index (κ1) is 14.4. The number of carbonyl (C=O) groups excluding carboxylic acids is 1. The third-order valence-electron chi connectivity index (χ3n) is 2.70. The van der Waals surface area contributed by atoms with Crippen LogP contribution in [0.15, 0.2) is 18.3 Å². The lowest BCUT2D eigenvalue weighted by Gasteiger charge is -2.25. The van der Waals surface area contributed by atoms with Crippen molar-refractivity contribution >= 4 is 11.6 Å². The smallest absolute Gasteiger partial charge is 0.270 e. The SMILES string of the molecule is CC(C)C(CN(C)C)NC(=O)c1cc(N)ccn1. The van der Waals surface area contributed by atoms with E-state index in [2.05, 4.69) is 29.0 Å². The van der Waals surface area contributed by atoms with Crippen LogP contribution < -0.4 is 11.1 Å². The number of nitrogens with zero attached hydrogens (tertiary/aromatic N) is 2. The van der Waals surface area contributed by atoms with Gasteiger partial charge < -0.3 is 16.0 Å². The number of amides is 1. The number of aromatic nitrogens is 1. The molecular weight excluding hydrogens is 228 g/mol. The Morgan fingerprint density at radius 3 is 2.67 bits per heavy atom. The van der Waals surface area contributed by atoms with E-state index in [4.69, 9.17) is 5.73 Å². The number of rotatable bonds is 5. The van der Waals surface area contributed by atoms with Gasteiger partial charge in [-0.25, -0.2) is 0 Å². The van der Waals surface area contributed by atoms with E-state index >= 15 is 0 Å². The predicted octanol–water partition coefficient (Wildman–Crippen LogP) is 0.980. The summed E-state index contributed by atoms with van der Waals surface area (Å²) in [5.41, 5.74) is 6.55. The van der Waals surface area contributed by atoms with Crippen molar-refractivity contribution in [2.24, 2.45) is 5.92 Å². The second-order valence-electron chi connectivity index (χ2n) is 5.06. The van der Waals surface area contributed by atoms with Crippen LogP contribution in [0.5, 0.6) is 0 Å². The molecule has 1 unspecified atom stereocenters. The van der Waals surface area contributed by atoms with Gasteiger partial charge in [-0.1, -0.05) is 13.8 Å². The monoisotopic (exact) mass is 250 g/mol. The molecule has 0 aliphatic carbocycles. The van der Waals surface area contributed by atoms with Crippen LogP contribution >= 0.6 is 0 Å². The van der Waals surface area contributed by atoms with E-state index in [9.17, 15) is 4.79 Å². The number of hydrogen-bond donors (Lipinski definition) is 2. The first-order valence-corrected chi connectivity index (χ1v) is 6.07. The minimum absolute atomic E-state index is 0.0933. The number of pyridine rings is 1. The summed E-state index contributed by atoms with van der Waals surface area (Å²) < 4.78 is 0. The van der Waals surface area contributed by atoms with Crippen LogP contribution in [0, 0.1) is 5.92 Å². The normalized spacial score (nSPS) is 12.8. The molecular formula is C13H22N4O. The molecule has 5 heteroatoms. The Bertz CT molecular complexity index is 404. The summed E-state index contributed by atoms with van der Waals surface area (Å²) in [7, 11) is 3.97. The van der Waals surface area contributed by atoms with Crippen LogP contribution in [0.3, 0.4) is 0 Å². The van der Waals surface area contributed by atoms with Gasteiger partial charge in [0.1, 0.15) is 5.69 Å². The molecule has 0 radical (unpaired) electrons. The molecule has 18 heavy (non-hydrogen) atoms. The lowest BCUT2D eigenvalue weighted by molar-refractivity contribution is 0.0911. The average molecular weight is 250 g/mol. The van der Waals surface area contributed by atoms with Crippen LogP contribution in [0.1, 0.15) is 24.3 Å². The fourth-order valence-electron chi connectivity index (χ4n) is 1.63. The first-order chi connectivity index (χ1) is 8.40. The molecule has 3 N–H and O–H groups in total. The van der Waals surface area contributed by atoms with Gasteiger partial charge in [0.2, 0.25) is 0 Å². The van der Waals surface area contributed by atoms with Crippen LogP contribution in [0.4, 0.5) is 5.69 Å². The van der Waals surface area contributed by atoms with Crippen LogP contribution in [0.2, 0.25) is 0 Å². The second-order valence-corrected chi connectivity index (χ2v) is 5.06. The number of nitrogens with one attached hydrogen (secondary N) is 1. The Kier molecular flexibility index (Phi) is 5.09. The summed E-state index contributed by atoms with van der Waals surface area (Å²) >= 11 is 0. The molecule has 1 rings (SSSR count). The van der Waals surface area contributed by atoms with E-state index in [0.717, 1.165) is 6.54 Å². The van der Waals surface area contributed by atoms with Gasteiger partial charge in [-0.15, -0.1) is 0 Å². The molecule has 5 nitrogen and oxygen atoms in total. The molecule has 0 saturated carbocycles. The zero-order chi connectivity index (χ0) is 13.7. The quantitative estimate of drug-likeness (QED) is 0.817. The Balaban J connectivity index is 2.72. The third kappa shape index (κ3) is 4.33. The maximum atomic E-state index is 12.0. The molecule has 1 aromatic rings. The number of carbonyl (C=O) groups is 1. The molecule has 1 aromatic heterocycles. The van der Waals surface area contributed by atoms with Gasteiger partial charge in [-0.05, 0) is 32.1 Å². The second kappa shape index (κ2) is 6.35. The Morgan fingerprint density at radius 2 is 2.17 bits per heavy atom. The van der Waals surface area contributed by atoms with Crippen molar-refractivity contribution < 1.29 is 4.79 Å². The van der Waals surface area contributed by atoms with Gasteiger partial charge in [0.15, 0.2) is 0 Å². The highest BCUT2D eigenvalue weighted by molar-refractivity contribution is 5.93. The minimum atomic E-state index is -0.178. The molecule has 0 bridgehead atoms. The largest absolute Gasteiger partial charge is 0.399 e. The van der Waals surface area contributed by atoms with Gasteiger partial charge in [-0.2, -0.15) is 0 Å². The summed E-state index contributed by atoms with van der Waals surface area (Å²) in [5, 5.41) is 2.99. The molecule has 0 saturated heterocycles. The summed E-state index contributed by atoms with van der Waals surface area (Å²) in [6, 6.07) is 3.34. The van der Waals surface area contributed by atoms with Crippen molar-refractivity contribution in [2.45, 2.75) is 19.9 Å². The van der Waals surface area contributed by atoms with E-state index < -0.39 is 0 Å². The predicted molar refractivity (Wildman–Crippen MR) is 73.3 cm³/mol. The molecule has 0 aliphatic rings. The van der Waals surface area contributed by atoms with Crippen molar-refractivity contribution in [3.05, 3.63) is 24.0 Å². The van der Waals surface area contributed by atoms with Gasteiger partial charge in [0, 0.05) is 24.5 Å². The number of nitrogen functional groups attached to an aromatic ring is 1. The summed E-state index contributed by atoms with van der Waals surface area (Å²) in [5.74, 6) is 0.181. The van der Waals surface area contributed by atoms with Crippen molar-refractivity contribution in [2.75, 3.05) is 26.4 Å². The van der Waals surface area contributed by atoms with Gasteiger partial charge >= 0.3 is 0 Å². The van der Waals surface area contributed by atoms with Gasteiger partial charge in [-0.3, -0.25) is 9.78 Å². The fraction of sp³-hybridized carbons (Fsp3) is 0.538. The molecule has 100 valence electrons. The lowest BCUT2D eigenvalue weighted by atomic mass is 10.0. The topological polar surface area (TPSA) is 71.2 Å². The highest BCUT2D eigenvalue weighted by Gasteiger charge is 2.18. The van der Waals surface area contributed by atoms with Gasteiger partial charge in [0.25, 0.3) is 5.91 Å². The molecule has 0 spiro atoms. The zero-order valence-electron chi connectivity index (χ0n) is 11.5. The molecule has 1 heterocycles. The Morgan fingerprint density at radius 1 is 1.50 bits per heavy atom. The van der Waals surface area contributed by atoms with E-state index in [1.807, 2.05) is 14.1 Å². The maximum absolute atomic E-state index is 12.0. The number of anilines is 1. The molecule has 1 amide bonds. The Hall–Kier alpha value is -1.62. The molecule has 0 fully saturated rings. The van der Waals surface area contributed by atoms with E-state index in [1.54, 1.807) is 18.3 Å². The van der Waals surface area contributed by atoms with Gasteiger partial charge in [0.05, 0.1) is 0 Å².